The first kappa shape index (κ1) is 23.1. The molecule has 40 heavy (non-hydrogen) atoms. The summed E-state index contributed by atoms with van der Waals surface area (Å²) in [6.45, 7) is 0. The molecule has 1 heterocycles. The van der Waals surface area contributed by atoms with Gasteiger partial charge in [-0.05, 0) is 106 Å². The molecule has 8 rings (SSSR count). The van der Waals surface area contributed by atoms with E-state index in [4.69, 9.17) is 4.74 Å². The van der Waals surface area contributed by atoms with Gasteiger partial charge in [0.2, 0.25) is 0 Å². The van der Waals surface area contributed by atoms with Gasteiger partial charge in [0, 0.05) is 5.56 Å². The van der Waals surface area contributed by atoms with Gasteiger partial charge >= 0.3 is 0 Å². The standard InChI is InChI=1S/C38H27NO/c39-24-25-9-7-10-26(21-25)27-11-8-12-28(22-27)29-19-20-35-37(23-29)40-36-18-6-5-17-34(36)38(35)32-15-3-1-13-30(32)31-14-2-4-16-33(31)38/h1,3-13,15-18,21-23H,2,14,19-20H2/t38-/m0/s1. The smallest absolute Gasteiger partial charge is 0.132 e. The SMILES string of the molecule is N#Cc1cccc(-c2cccc(C3=CC4=C(CC3)[C@@]3(C5=C(CCC=C5)c5ccccc53)c3ccccc3O4)c2)c1. The maximum Gasteiger partial charge on any atom is 0.132 e. The highest BCUT2D eigenvalue weighted by molar-refractivity contribution is 5.90. The zero-order valence-corrected chi connectivity index (χ0v) is 22.2. The first-order chi connectivity index (χ1) is 19.8. The predicted octanol–water partition coefficient (Wildman–Crippen LogP) is 9.15. The highest BCUT2D eigenvalue weighted by Crippen LogP contribution is 2.62. The fraction of sp³-hybridized carbons (Fsp3) is 0.132. The molecular weight excluding hydrogens is 486 g/mol. The van der Waals surface area contributed by atoms with Gasteiger partial charge in [-0.15, -0.1) is 0 Å². The average Bonchev–Trinajstić information content (AvgIpc) is 3.32. The van der Waals surface area contributed by atoms with E-state index in [1.54, 1.807) is 0 Å². The third-order valence-electron chi connectivity index (χ3n) is 9.00. The van der Waals surface area contributed by atoms with Gasteiger partial charge in [-0.2, -0.15) is 5.26 Å². The lowest BCUT2D eigenvalue weighted by Gasteiger charge is -2.43. The lowest BCUT2D eigenvalue weighted by molar-refractivity contribution is 0.389. The van der Waals surface area contributed by atoms with E-state index in [9.17, 15) is 5.26 Å². The third kappa shape index (κ3) is 3.22. The molecule has 2 heteroatoms. The number of hydrogen-bond acceptors (Lipinski definition) is 2. The summed E-state index contributed by atoms with van der Waals surface area (Å²) in [5.41, 5.74) is 13.4. The number of ether oxygens (including phenoxy) is 1. The molecule has 0 unspecified atom stereocenters. The molecule has 3 aliphatic carbocycles. The van der Waals surface area contributed by atoms with E-state index >= 15 is 0 Å². The van der Waals surface area contributed by atoms with E-state index in [2.05, 4.69) is 103 Å². The molecule has 0 bridgehead atoms. The Morgan fingerprint density at radius 3 is 2.40 bits per heavy atom. The topological polar surface area (TPSA) is 33.0 Å². The van der Waals surface area contributed by atoms with Gasteiger partial charge in [0.1, 0.15) is 11.5 Å². The van der Waals surface area contributed by atoms with Gasteiger partial charge in [0.05, 0.1) is 17.0 Å². The van der Waals surface area contributed by atoms with Crippen LogP contribution in [-0.2, 0) is 5.41 Å². The van der Waals surface area contributed by atoms with Gasteiger partial charge in [-0.25, -0.2) is 0 Å². The van der Waals surface area contributed by atoms with Crippen LogP contribution in [0.5, 0.6) is 5.75 Å². The van der Waals surface area contributed by atoms with Crippen LogP contribution in [0, 0.1) is 11.3 Å². The van der Waals surface area contributed by atoms with Crippen LogP contribution < -0.4 is 4.74 Å². The molecule has 0 amide bonds. The van der Waals surface area contributed by atoms with Crippen LogP contribution in [0.25, 0.3) is 22.3 Å². The Morgan fingerprint density at radius 1 is 0.725 bits per heavy atom. The second kappa shape index (κ2) is 8.83. The molecule has 190 valence electrons. The van der Waals surface area contributed by atoms with E-state index in [0.717, 1.165) is 48.3 Å². The summed E-state index contributed by atoms with van der Waals surface area (Å²) in [6.07, 6.45) is 11.1. The van der Waals surface area contributed by atoms with E-state index in [1.165, 1.54) is 44.5 Å². The molecule has 0 fully saturated rings. The molecule has 1 aliphatic heterocycles. The summed E-state index contributed by atoms with van der Waals surface area (Å²) in [5, 5.41) is 9.38. The zero-order chi connectivity index (χ0) is 26.7. The largest absolute Gasteiger partial charge is 0.457 e. The average molecular weight is 514 g/mol. The number of para-hydroxylation sites is 1. The number of rotatable bonds is 2. The first-order valence-corrected chi connectivity index (χ1v) is 14.1. The maximum absolute atomic E-state index is 9.38. The van der Waals surface area contributed by atoms with Crippen LogP contribution in [0.4, 0.5) is 0 Å². The van der Waals surface area contributed by atoms with E-state index in [1.807, 2.05) is 18.2 Å². The van der Waals surface area contributed by atoms with Crippen LogP contribution in [0.1, 0.15) is 53.5 Å². The van der Waals surface area contributed by atoms with Crippen LogP contribution >= 0.6 is 0 Å². The van der Waals surface area contributed by atoms with Gasteiger partial charge < -0.3 is 4.74 Å². The number of benzene rings is 4. The molecule has 1 spiro atoms. The Hall–Kier alpha value is -4.87. The lowest BCUT2D eigenvalue weighted by atomic mass is 9.62. The molecule has 1 atom stereocenters. The molecule has 4 aliphatic rings. The number of nitrogens with zero attached hydrogens (tertiary/aromatic N) is 1. The molecule has 2 nitrogen and oxygen atoms in total. The molecule has 0 radical (unpaired) electrons. The molecule has 4 aromatic rings. The third-order valence-corrected chi connectivity index (χ3v) is 9.00. The summed E-state index contributed by atoms with van der Waals surface area (Å²) in [7, 11) is 0. The van der Waals surface area contributed by atoms with Gasteiger partial charge in [-0.3, -0.25) is 0 Å². The second-order valence-electron chi connectivity index (χ2n) is 11.0. The maximum atomic E-state index is 9.38. The Morgan fingerprint density at radius 2 is 1.50 bits per heavy atom. The van der Waals surface area contributed by atoms with Crippen molar-refractivity contribution < 1.29 is 4.74 Å². The zero-order valence-electron chi connectivity index (χ0n) is 22.2. The molecule has 0 N–H and O–H groups in total. The van der Waals surface area contributed by atoms with Crippen molar-refractivity contribution in [2.24, 2.45) is 0 Å². The summed E-state index contributed by atoms with van der Waals surface area (Å²) < 4.78 is 6.73. The van der Waals surface area contributed by atoms with Crippen molar-refractivity contribution in [3.05, 3.63) is 160 Å². The van der Waals surface area contributed by atoms with Crippen LogP contribution in [0.15, 0.2) is 132 Å². The summed E-state index contributed by atoms with van der Waals surface area (Å²) in [4.78, 5) is 0. The number of hydrogen-bond donors (Lipinski definition) is 0. The van der Waals surface area contributed by atoms with E-state index < -0.39 is 0 Å². The molecular formula is C38H27NO. The summed E-state index contributed by atoms with van der Waals surface area (Å²) in [5.74, 6) is 1.93. The normalized spacial score (nSPS) is 20.2. The Bertz CT molecular complexity index is 1890. The molecule has 0 saturated heterocycles. The molecule has 4 aromatic carbocycles. The van der Waals surface area contributed by atoms with Gasteiger partial charge in [0.15, 0.2) is 0 Å². The minimum atomic E-state index is -0.311. The minimum Gasteiger partial charge on any atom is -0.457 e. The van der Waals surface area contributed by atoms with Gasteiger partial charge in [0.25, 0.3) is 0 Å². The quantitative estimate of drug-likeness (QED) is 0.268. The Kier molecular flexibility index (Phi) is 5.09. The summed E-state index contributed by atoms with van der Waals surface area (Å²) in [6, 6.07) is 36.4. The number of allylic oxidation sites excluding steroid dienone is 7. The lowest BCUT2D eigenvalue weighted by Crippen LogP contribution is -2.36. The Balaban J connectivity index is 1.31. The molecule has 0 aromatic heterocycles. The molecule has 0 saturated carbocycles. The Labute approximate surface area is 234 Å². The van der Waals surface area contributed by atoms with Gasteiger partial charge in [-0.1, -0.05) is 84.9 Å². The van der Waals surface area contributed by atoms with Crippen molar-refractivity contribution in [3.63, 3.8) is 0 Å². The monoisotopic (exact) mass is 513 g/mol. The van der Waals surface area contributed by atoms with Crippen molar-refractivity contribution in [1.82, 2.24) is 0 Å². The van der Waals surface area contributed by atoms with Crippen molar-refractivity contribution in [3.8, 4) is 22.9 Å². The van der Waals surface area contributed by atoms with Crippen molar-refractivity contribution in [2.75, 3.05) is 0 Å². The summed E-state index contributed by atoms with van der Waals surface area (Å²) >= 11 is 0. The van der Waals surface area contributed by atoms with Crippen molar-refractivity contribution in [2.45, 2.75) is 31.1 Å². The number of fused-ring (bicyclic) bond motifs is 7. The fourth-order valence-electron chi connectivity index (χ4n) is 7.33. The highest BCUT2D eigenvalue weighted by Gasteiger charge is 2.52. The second-order valence-corrected chi connectivity index (χ2v) is 11.0. The van der Waals surface area contributed by atoms with E-state index in [0.29, 0.717) is 5.56 Å². The minimum absolute atomic E-state index is 0.311. The van der Waals surface area contributed by atoms with E-state index in [-0.39, 0.29) is 5.41 Å². The first-order valence-electron chi connectivity index (χ1n) is 14.1. The van der Waals surface area contributed by atoms with Crippen LogP contribution in [0.3, 0.4) is 0 Å². The number of nitriles is 1. The highest BCUT2D eigenvalue weighted by atomic mass is 16.5. The van der Waals surface area contributed by atoms with Crippen LogP contribution in [0.2, 0.25) is 0 Å². The van der Waals surface area contributed by atoms with Crippen LogP contribution in [-0.4, -0.2) is 0 Å². The fourth-order valence-corrected chi connectivity index (χ4v) is 7.33. The van der Waals surface area contributed by atoms with Crippen molar-refractivity contribution in [1.29, 1.82) is 5.26 Å². The van der Waals surface area contributed by atoms with Crippen molar-refractivity contribution >= 4 is 11.1 Å². The predicted molar refractivity (Wildman–Crippen MR) is 160 cm³/mol.